The zero-order valence-electron chi connectivity index (χ0n) is 13.8. The topological polar surface area (TPSA) is 87.5 Å². The largest absolute Gasteiger partial charge is 0.507 e. The van der Waals surface area contributed by atoms with Crippen molar-refractivity contribution in [3.8, 4) is 5.75 Å². The minimum Gasteiger partial charge on any atom is -0.507 e. The first-order chi connectivity index (χ1) is 11.9. The predicted octanol–water partition coefficient (Wildman–Crippen LogP) is 1.40. The second-order valence-electron chi connectivity index (χ2n) is 6.15. The van der Waals surface area contributed by atoms with E-state index in [1.54, 1.807) is 25.4 Å². The molecule has 132 valence electrons. The number of phenolic OH excluding ortho intramolecular Hbond substituents is 1. The number of carbonyl (C=O) groups is 1. The number of carbonyl (C=O) groups excluding carboxylic acids is 1. The zero-order valence-corrected chi connectivity index (χ0v) is 14.5. The normalized spacial score (nSPS) is 16.9. The summed E-state index contributed by atoms with van der Waals surface area (Å²) in [5.41, 5.74) is 0.856. The van der Waals surface area contributed by atoms with E-state index in [9.17, 15) is 14.7 Å². The lowest BCUT2D eigenvalue weighted by Gasteiger charge is -2.18. The fourth-order valence-electron chi connectivity index (χ4n) is 2.90. The lowest BCUT2D eigenvalue weighted by molar-refractivity contribution is 0.0945. The number of rotatable bonds is 4. The smallest absolute Gasteiger partial charge is 0.268 e. The Bertz CT molecular complexity index is 852. The number of aryl methyl sites for hydroxylation is 1. The van der Waals surface area contributed by atoms with Crippen molar-refractivity contribution in [1.82, 2.24) is 15.1 Å². The SMILES string of the molecule is Cn1ncc(N2CC[C@@H](CNC(=O)c3ccc(Cl)cc3O)C2)cc1=O. The van der Waals surface area contributed by atoms with Crippen LogP contribution < -0.4 is 15.8 Å². The Morgan fingerprint density at radius 3 is 2.96 bits per heavy atom. The van der Waals surface area contributed by atoms with Gasteiger partial charge in [0.1, 0.15) is 5.75 Å². The second kappa shape index (κ2) is 7.14. The van der Waals surface area contributed by atoms with E-state index in [-0.39, 0.29) is 28.7 Å². The molecule has 2 aromatic rings. The van der Waals surface area contributed by atoms with Crippen LogP contribution in [0.4, 0.5) is 5.69 Å². The molecule has 0 saturated carbocycles. The highest BCUT2D eigenvalue weighted by Gasteiger charge is 2.24. The molecule has 1 atom stereocenters. The van der Waals surface area contributed by atoms with Gasteiger partial charge in [-0.2, -0.15) is 5.10 Å². The summed E-state index contributed by atoms with van der Waals surface area (Å²) in [4.78, 5) is 26.0. The van der Waals surface area contributed by atoms with E-state index in [1.165, 1.54) is 16.8 Å². The third-order valence-corrected chi connectivity index (χ3v) is 4.60. The number of benzene rings is 1. The van der Waals surface area contributed by atoms with Crippen LogP contribution in [0.1, 0.15) is 16.8 Å². The average molecular weight is 363 g/mol. The van der Waals surface area contributed by atoms with E-state index in [4.69, 9.17) is 11.6 Å². The lowest BCUT2D eigenvalue weighted by Crippen LogP contribution is -2.31. The van der Waals surface area contributed by atoms with Crippen LogP contribution in [0.15, 0.2) is 35.3 Å². The third kappa shape index (κ3) is 3.93. The molecule has 2 N–H and O–H groups in total. The van der Waals surface area contributed by atoms with Crippen LogP contribution in [-0.4, -0.2) is 40.4 Å². The number of anilines is 1. The number of phenols is 1. The highest BCUT2D eigenvalue weighted by atomic mass is 35.5. The first-order valence-electron chi connectivity index (χ1n) is 7.99. The number of nitrogens with one attached hydrogen (secondary N) is 1. The fraction of sp³-hybridized carbons (Fsp3) is 0.353. The molecule has 3 rings (SSSR count). The molecule has 1 aromatic carbocycles. The number of nitrogens with zero attached hydrogens (tertiary/aromatic N) is 3. The molecule has 0 aliphatic carbocycles. The van der Waals surface area contributed by atoms with Gasteiger partial charge in [0.15, 0.2) is 0 Å². The van der Waals surface area contributed by atoms with E-state index in [2.05, 4.69) is 15.3 Å². The van der Waals surface area contributed by atoms with Gasteiger partial charge in [0.25, 0.3) is 11.5 Å². The maximum absolute atomic E-state index is 12.2. The van der Waals surface area contributed by atoms with Crippen molar-refractivity contribution in [1.29, 1.82) is 0 Å². The summed E-state index contributed by atoms with van der Waals surface area (Å²) < 4.78 is 1.29. The summed E-state index contributed by atoms with van der Waals surface area (Å²) in [6.45, 7) is 2.04. The van der Waals surface area contributed by atoms with Crippen molar-refractivity contribution in [2.45, 2.75) is 6.42 Å². The Hall–Kier alpha value is -2.54. The highest BCUT2D eigenvalue weighted by molar-refractivity contribution is 6.30. The molecule has 1 aliphatic rings. The summed E-state index contributed by atoms with van der Waals surface area (Å²) >= 11 is 5.77. The Morgan fingerprint density at radius 1 is 1.44 bits per heavy atom. The molecule has 2 heterocycles. The molecule has 1 saturated heterocycles. The van der Waals surface area contributed by atoms with Crippen molar-refractivity contribution in [3.05, 3.63) is 51.4 Å². The fourth-order valence-corrected chi connectivity index (χ4v) is 3.06. The van der Waals surface area contributed by atoms with E-state index in [0.717, 1.165) is 25.2 Å². The van der Waals surface area contributed by atoms with Crippen LogP contribution in [0.3, 0.4) is 0 Å². The van der Waals surface area contributed by atoms with Gasteiger partial charge in [0.05, 0.1) is 17.4 Å². The third-order valence-electron chi connectivity index (χ3n) is 4.36. The van der Waals surface area contributed by atoms with Crippen LogP contribution in [-0.2, 0) is 7.05 Å². The summed E-state index contributed by atoms with van der Waals surface area (Å²) in [6, 6.07) is 5.98. The van der Waals surface area contributed by atoms with Crippen molar-refractivity contribution in [2.75, 3.05) is 24.5 Å². The number of aromatic nitrogens is 2. The van der Waals surface area contributed by atoms with Gasteiger partial charge in [-0.25, -0.2) is 4.68 Å². The standard InChI is InChI=1S/C17H19ClN4O3/c1-21-16(24)7-13(9-20-21)22-5-4-11(10-22)8-19-17(25)14-3-2-12(18)6-15(14)23/h2-3,6-7,9,11,23H,4-5,8,10H2,1H3,(H,19,25)/t11-/m0/s1. The minimum absolute atomic E-state index is 0.135. The summed E-state index contributed by atoms with van der Waals surface area (Å²) in [7, 11) is 1.61. The average Bonchev–Trinajstić information content (AvgIpc) is 3.04. The molecule has 1 fully saturated rings. The maximum atomic E-state index is 12.2. The monoisotopic (exact) mass is 362 g/mol. The number of hydrogen-bond acceptors (Lipinski definition) is 5. The van der Waals surface area contributed by atoms with Gasteiger partial charge in [-0.05, 0) is 30.5 Å². The number of aromatic hydroxyl groups is 1. The molecule has 1 aromatic heterocycles. The van der Waals surface area contributed by atoms with E-state index >= 15 is 0 Å². The van der Waals surface area contributed by atoms with Gasteiger partial charge < -0.3 is 15.3 Å². The van der Waals surface area contributed by atoms with Crippen LogP contribution >= 0.6 is 11.6 Å². The second-order valence-corrected chi connectivity index (χ2v) is 6.58. The number of amides is 1. The van der Waals surface area contributed by atoms with E-state index < -0.39 is 0 Å². The predicted molar refractivity (Wildman–Crippen MR) is 95.2 cm³/mol. The van der Waals surface area contributed by atoms with Crippen LogP contribution in [0, 0.1) is 5.92 Å². The van der Waals surface area contributed by atoms with E-state index in [1.807, 2.05) is 0 Å². The Morgan fingerprint density at radius 2 is 2.24 bits per heavy atom. The first kappa shape index (κ1) is 17.3. The van der Waals surface area contributed by atoms with Gasteiger partial charge in [-0.1, -0.05) is 11.6 Å². The van der Waals surface area contributed by atoms with Gasteiger partial charge in [-0.15, -0.1) is 0 Å². The quantitative estimate of drug-likeness (QED) is 0.858. The molecule has 0 radical (unpaired) electrons. The van der Waals surface area contributed by atoms with Gasteiger partial charge in [0.2, 0.25) is 0 Å². The molecule has 1 aliphatic heterocycles. The van der Waals surface area contributed by atoms with Crippen molar-refractivity contribution < 1.29 is 9.90 Å². The molecule has 0 spiro atoms. The Kier molecular flexibility index (Phi) is 4.94. The van der Waals surface area contributed by atoms with Crippen molar-refractivity contribution >= 4 is 23.2 Å². The Balaban J connectivity index is 1.57. The molecule has 0 bridgehead atoms. The van der Waals surface area contributed by atoms with E-state index in [0.29, 0.717) is 11.6 Å². The van der Waals surface area contributed by atoms with Crippen LogP contribution in [0.5, 0.6) is 5.75 Å². The summed E-state index contributed by atoms with van der Waals surface area (Å²) in [6.07, 6.45) is 2.58. The van der Waals surface area contributed by atoms with Crippen molar-refractivity contribution in [3.63, 3.8) is 0 Å². The molecular weight excluding hydrogens is 344 g/mol. The maximum Gasteiger partial charge on any atom is 0.268 e. The zero-order chi connectivity index (χ0) is 18.0. The van der Waals surface area contributed by atoms with Crippen molar-refractivity contribution in [2.24, 2.45) is 13.0 Å². The molecular formula is C17H19ClN4O3. The van der Waals surface area contributed by atoms with Crippen LogP contribution in [0.2, 0.25) is 5.02 Å². The van der Waals surface area contributed by atoms with Gasteiger partial charge in [-0.3, -0.25) is 9.59 Å². The molecule has 25 heavy (non-hydrogen) atoms. The summed E-state index contributed by atoms with van der Waals surface area (Å²) in [5, 5.41) is 17.1. The molecule has 8 heteroatoms. The number of hydrogen-bond donors (Lipinski definition) is 2. The highest BCUT2D eigenvalue weighted by Crippen LogP contribution is 2.23. The van der Waals surface area contributed by atoms with Gasteiger partial charge >= 0.3 is 0 Å². The Labute approximate surface area is 149 Å². The van der Waals surface area contributed by atoms with Crippen LogP contribution in [0.25, 0.3) is 0 Å². The molecule has 1 amide bonds. The number of halogens is 1. The lowest BCUT2D eigenvalue weighted by atomic mass is 10.1. The molecule has 0 unspecified atom stereocenters. The first-order valence-corrected chi connectivity index (χ1v) is 8.37. The minimum atomic E-state index is -0.331. The summed E-state index contributed by atoms with van der Waals surface area (Å²) in [5.74, 6) is -0.199. The molecule has 7 nitrogen and oxygen atoms in total. The van der Waals surface area contributed by atoms with Gasteiger partial charge in [0, 0.05) is 37.8 Å².